The fraction of sp³-hybridized carbons (Fsp3) is 0.0476. The Morgan fingerprint density at radius 1 is 0.320 bits per heavy atom. The molecule has 0 unspecified atom stereocenters. The van der Waals surface area contributed by atoms with Crippen molar-refractivity contribution in [2.24, 2.45) is 0 Å². The highest BCUT2D eigenvalue weighted by Crippen LogP contribution is 2.38. The Bertz CT molecular complexity index is 2630. The average molecular weight is 645 g/mol. The van der Waals surface area contributed by atoms with Crippen LogP contribution in [0.2, 0.25) is 0 Å². The fourth-order valence-corrected chi connectivity index (χ4v) is 7.06. The van der Waals surface area contributed by atoms with Gasteiger partial charge in [-0.25, -0.2) is 29.9 Å². The van der Waals surface area contributed by atoms with Gasteiger partial charge in [0.15, 0.2) is 23.3 Å². The van der Waals surface area contributed by atoms with E-state index in [1.54, 1.807) is 0 Å². The van der Waals surface area contributed by atoms with E-state index in [1.165, 1.54) is 0 Å². The zero-order valence-electron chi connectivity index (χ0n) is 27.2. The van der Waals surface area contributed by atoms with Crippen LogP contribution in [-0.4, -0.2) is 39.9 Å². The van der Waals surface area contributed by atoms with E-state index in [0.29, 0.717) is 45.9 Å². The summed E-state index contributed by atoms with van der Waals surface area (Å²) in [7, 11) is 0. The topological polar surface area (TPSA) is 109 Å². The molecule has 8 nitrogen and oxygen atoms in total. The lowest BCUT2D eigenvalue weighted by molar-refractivity contribution is 1.19. The van der Waals surface area contributed by atoms with Gasteiger partial charge < -0.3 is 9.97 Å². The van der Waals surface area contributed by atoms with E-state index < -0.39 is 0 Å². The fourth-order valence-electron chi connectivity index (χ4n) is 7.06. The third-order valence-corrected chi connectivity index (χ3v) is 9.38. The molecule has 236 valence electrons. The zero-order valence-corrected chi connectivity index (χ0v) is 27.2. The Morgan fingerprint density at radius 3 is 0.820 bits per heavy atom. The number of nitrogens with one attached hydrogen (secondary N) is 2. The van der Waals surface area contributed by atoms with Crippen LogP contribution >= 0.6 is 0 Å². The van der Waals surface area contributed by atoms with Crippen LogP contribution in [-0.2, 0) is 0 Å². The monoisotopic (exact) mass is 644 g/mol. The molecule has 3 aromatic heterocycles. The van der Waals surface area contributed by atoms with Gasteiger partial charge in [0.1, 0.15) is 22.6 Å². The molecule has 50 heavy (non-hydrogen) atoms. The number of benzene rings is 6. The van der Waals surface area contributed by atoms with E-state index in [-0.39, 0.29) is 0 Å². The number of rotatable bonds is 0. The predicted molar refractivity (Wildman–Crippen MR) is 202 cm³/mol. The van der Waals surface area contributed by atoms with Crippen LogP contribution in [0.5, 0.6) is 0 Å². The van der Waals surface area contributed by atoms with Crippen LogP contribution in [0.3, 0.4) is 0 Å². The molecule has 0 aliphatic carbocycles. The van der Waals surface area contributed by atoms with Crippen LogP contribution in [0.15, 0.2) is 121 Å². The van der Waals surface area contributed by atoms with Crippen LogP contribution in [0, 0.1) is 0 Å². The van der Waals surface area contributed by atoms with Crippen molar-refractivity contribution in [1.29, 1.82) is 0 Å². The molecule has 9 aromatic rings. The zero-order chi connectivity index (χ0) is 33.3. The second-order valence-electron chi connectivity index (χ2n) is 12.2. The molecule has 8 heteroatoms. The molecule has 0 fully saturated rings. The van der Waals surface area contributed by atoms with Gasteiger partial charge in [-0.15, -0.1) is 0 Å². The molecular formula is C42H28N8. The van der Waals surface area contributed by atoms with Crippen molar-refractivity contribution in [3.05, 3.63) is 121 Å². The molecular weight excluding hydrogens is 617 g/mol. The Morgan fingerprint density at radius 2 is 0.560 bits per heavy atom. The smallest absolute Gasteiger partial charge is 0.164 e. The first kappa shape index (κ1) is 28.2. The second kappa shape index (κ2) is 10.9. The molecule has 2 aliphatic rings. The van der Waals surface area contributed by atoms with Crippen molar-refractivity contribution < 1.29 is 0 Å². The number of aromatic amines is 2. The molecule has 8 bridgehead atoms. The van der Waals surface area contributed by atoms with Crippen molar-refractivity contribution in [1.82, 2.24) is 39.9 Å². The molecule has 2 aliphatic heterocycles. The van der Waals surface area contributed by atoms with E-state index in [0.717, 1.165) is 65.3 Å². The lowest BCUT2D eigenvalue weighted by Crippen LogP contribution is -1.82. The molecule has 6 aromatic carbocycles. The number of fused-ring (bicyclic) bond motifs is 22. The van der Waals surface area contributed by atoms with E-state index in [1.807, 2.05) is 86.6 Å². The normalized spacial score (nSPS) is 11.8. The quantitative estimate of drug-likeness (QED) is 0.170. The summed E-state index contributed by atoms with van der Waals surface area (Å²) in [4.78, 5) is 37.8. The van der Waals surface area contributed by atoms with Gasteiger partial charge in [-0.1, -0.05) is 111 Å². The van der Waals surface area contributed by atoms with Gasteiger partial charge in [-0.3, -0.25) is 0 Å². The maximum Gasteiger partial charge on any atom is 0.164 e. The average Bonchev–Trinajstić information content (AvgIpc) is 3.89. The van der Waals surface area contributed by atoms with Crippen molar-refractivity contribution >= 4 is 65.7 Å². The predicted octanol–water partition coefficient (Wildman–Crippen LogP) is 10.2. The van der Waals surface area contributed by atoms with Gasteiger partial charge in [-0.2, -0.15) is 0 Å². The number of hydrogen-bond donors (Lipinski definition) is 2. The van der Waals surface area contributed by atoms with E-state index >= 15 is 0 Å². The molecule has 0 amide bonds. The van der Waals surface area contributed by atoms with Crippen LogP contribution in [0.1, 0.15) is 13.8 Å². The van der Waals surface area contributed by atoms with Gasteiger partial charge in [-0.05, 0) is 45.8 Å². The summed E-state index contributed by atoms with van der Waals surface area (Å²) in [6.45, 7) is 4.00. The standard InChI is InChI=1S/C40H22N8.C2H6/c1-2-10-22-18-30-29(17-21(22)9-1)37-43-33-25-13-5-6-14-26(25)35(41-33)45-39-31-19-23-11-3-4-12-24(23)20-32(31)40(48-39)46-36-28-16-8-7-15-27(28)34(42-36)44-38(30)47-37;1-2/h1-20H,(H2,41,42,43,44,45,46,47,48);1-2H3. The Hall–Kier alpha value is -6.80. The van der Waals surface area contributed by atoms with Crippen LogP contribution in [0.25, 0.3) is 111 Å². The summed E-state index contributed by atoms with van der Waals surface area (Å²) >= 11 is 0. The minimum atomic E-state index is 0.588. The van der Waals surface area contributed by atoms with Gasteiger partial charge in [0.2, 0.25) is 0 Å². The number of aromatic nitrogens is 8. The van der Waals surface area contributed by atoms with E-state index in [9.17, 15) is 0 Å². The highest BCUT2D eigenvalue weighted by atomic mass is 15.1. The Balaban J connectivity index is 0.00000156. The minimum Gasteiger partial charge on any atom is -0.324 e. The first-order valence-corrected chi connectivity index (χ1v) is 16.8. The maximum absolute atomic E-state index is 5.16. The van der Waals surface area contributed by atoms with E-state index in [4.69, 9.17) is 29.9 Å². The SMILES string of the molecule is CC.c1ccc2c(c1)-c1nc-2nc2[nH]c(nc3nc(nc4[nH]c(n1)c1cc5ccccc5cc41)-c1ccccc1-3)c1cc3ccccc3cc21. The number of H-pyrrole nitrogens is 2. The van der Waals surface area contributed by atoms with Crippen molar-refractivity contribution in [3.63, 3.8) is 0 Å². The van der Waals surface area contributed by atoms with Crippen molar-refractivity contribution in [3.8, 4) is 45.6 Å². The third kappa shape index (κ3) is 4.25. The second-order valence-corrected chi connectivity index (χ2v) is 12.2. The summed E-state index contributed by atoms with van der Waals surface area (Å²) in [6.07, 6.45) is 0. The molecule has 0 saturated carbocycles. The highest BCUT2D eigenvalue weighted by Gasteiger charge is 2.22. The van der Waals surface area contributed by atoms with Gasteiger partial charge in [0.05, 0.1) is 0 Å². The van der Waals surface area contributed by atoms with Crippen LogP contribution < -0.4 is 0 Å². The lowest BCUT2D eigenvalue weighted by atomic mass is 10.1. The molecule has 5 heterocycles. The molecule has 0 radical (unpaired) electrons. The number of hydrogen-bond acceptors (Lipinski definition) is 6. The highest BCUT2D eigenvalue weighted by molar-refractivity contribution is 6.12. The maximum atomic E-state index is 5.16. The molecule has 0 spiro atoms. The molecule has 2 N–H and O–H groups in total. The van der Waals surface area contributed by atoms with Gasteiger partial charge in [0, 0.05) is 43.8 Å². The number of nitrogens with zero attached hydrogens (tertiary/aromatic N) is 6. The molecule has 11 rings (SSSR count). The summed E-state index contributed by atoms with van der Waals surface area (Å²) in [5.74, 6) is 2.35. The largest absolute Gasteiger partial charge is 0.324 e. The van der Waals surface area contributed by atoms with Crippen LogP contribution in [0.4, 0.5) is 0 Å². The Labute approximate surface area is 285 Å². The summed E-state index contributed by atoms with van der Waals surface area (Å²) in [5.41, 5.74) is 6.38. The summed E-state index contributed by atoms with van der Waals surface area (Å²) < 4.78 is 0. The summed E-state index contributed by atoms with van der Waals surface area (Å²) in [6, 6.07) is 41.5. The van der Waals surface area contributed by atoms with Gasteiger partial charge >= 0.3 is 0 Å². The first-order chi connectivity index (χ1) is 24.7. The van der Waals surface area contributed by atoms with Crippen molar-refractivity contribution in [2.45, 2.75) is 13.8 Å². The third-order valence-electron chi connectivity index (χ3n) is 9.38. The van der Waals surface area contributed by atoms with Gasteiger partial charge in [0.25, 0.3) is 0 Å². The lowest BCUT2D eigenvalue weighted by Gasteiger charge is -1.99. The van der Waals surface area contributed by atoms with Crippen molar-refractivity contribution in [2.75, 3.05) is 0 Å². The summed E-state index contributed by atoms with van der Waals surface area (Å²) in [5, 5.41) is 8.29. The molecule has 0 saturated heterocycles. The minimum absolute atomic E-state index is 0.588. The first-order valence-electron chi connectivity index (χ1n) is 16.8. The Kier molecular flexibility index (Phi) is 6.13. The van der Waals surface area contributed by atoms with E-state index in [2.05, 4.69) is 58.5 Å². The molecule has 0 atom stereocenters.